The third-order valence-corrected chi connectivity index (χ3v) is 2.10. The van der Waals surface area contributed by atoms with Crippen LogP contribution < -0.4 is 0 Å². The number of aliphatic hydroxyl groups is 1. The lowest BCUT2D eigenvalue weighted by molar-refractivity contribution is -0.142. The molecular weight excluding hydrogens is 172 g/mol. The van der Waals surface area contributed by atoms with Gasteiger partial charge in [0.05, 0.1) is 18.6 Å². The number of hydrogen-bond acceptors (Lipinski definition) is 3. The number of carbonyl (C=O) groups is 1. The molecule has 0 saturated heterocycles. The number of hydrogen-bond donors (Lipinski definition) is 2. The maximum absolute atomic E-state index is 10.5. The second-order valence-corrected chi connectivity index (χ2v) is 3.47. The van der Waals surface area contributed by atoms with Crippen LogP contribution in [0.5, 0.6) is 0 Å². The van der Waals surface area contributed by atoms with Crippen LogP contribution in [0.2, 0.25) is 0 Å². The Hall–Kier alpha value is -0.610. The van der Waals surface area contributed by atoms with Crippen molar-refractivity contribution in [1.82, 2.24) is 0 Å². The van der Waals surface area contributed by atoms with E-state index >= 15 is 0 Å². The molecule has 0 aliphatic heterocycles. The van der Waals surface area contributed by atoms with E-state index in [4.69, 9.17) is 9.84 Å². The van der Waals surface area contributed by atoms with Crippen molar-refractivity contribution in [1.29, 1.82) is 0 Å². The molecular formula is C9H18O4. The number of ether oxygens (including phenoxy) is 1. The summed E-state index contributed by atoms with van der Waals surface area (Å²) < 4.78 is 4.86. The van der Waals surface area contributed by atoms with E-state index in [0.29, 0.717) is 6.61 Å². The van der Waals surface area contributed by atoms with Gasteiger partial charge in [-0.25, -0.2) is 0 Å². The Balaban J connectivity index is 3.84. The zero-order valence-corrected chi connectivity index (χ0v) is 8.36. The van der Waals surface area contributed by atoms with Crippen molar-refractivity contribution in [3.63, 3.8) is 0 Å². The van der Waals surface area contributed by atoms with E-state index < -0.39 is 18.0 Å². The van der Waals surface area contributed by atoms with Crippen molar-refractivity contribution in [3.05, 3.63) is 0 Å². The highest BCUT2D eigenvalue weighted by molar-refractivity contribution is 5.69. The molecule has 4 nitrogen and oxygen atoms in total. The Morgan fingerprint density at radius 2 is 2.00 bits per heavy atom. The van der Waals surface area contributed by atoms with Crippen LogP contribution >= 0.6 is 0 Å². The summed E-state index contributed by atoms with van der Waals surface area (Å²) >= 11 is 0. The first-order valence-electron chi connectivity index (χ1n) is 4.38. The van der Waals surface area contributed by atoms with Gasteiger partial charge in [0.1, 0.15) is 0 Å². The van der Waals surface area contributed by atoms with Crippen molar-refractivity contribution < 1.29 is 19.7 Å². The van der Waals surface area contributed by atoms with Crippen molar-refractivity contribution >= 4 is 5.97 Å². The van der Waals surface area contributed by atoms with E-state index in [9.17, 15) is 9.90 Å². The van der Waals surface area contributed by atoms with Gasteiger partial charge in [0.15, 0.2) is 0 Å². The first-order chi connectivity index (χ1) is 5.99. The molecule has 0 heterocycles. The van der Waals surface area contributed by atoms with Gasteiger partial charge in [-0.15, -0.1) is 0 Å². The minimum Gasteiger partial charge on any atom is -0.481 e. The second kappa shape index (κ2) is 5.94. The monoisotopic (exact) mass is 190 g/mol. The van der Waals surface area contributed by atoms with E-state index in [0.717, 1.165) is 0 Å². The standard InChI is InChI=1S/C9H18O4/c1-6(9(11)12)4-8(10)7(2)5-13-3/h6-8,10H,4-5H2,1-3H3,(H,11,12). The highest BCUT2D eigenvalue weighted by Crippen LogP contribution is 2.13. The Morgan fingerprint density at radius 3 is 2.38 bits per heavy atom. The molecule has 0 fully saturated rings. The van der Waals surface area contributed by atoms with Crippen LogP contribution in [0.3, 0.4) is 0 Å². The fourth-order valence-corrected chi connectivity index (χ4v) is 1.07. The average Bonchev–Trinajstić information content (AvgIpc) is 2.04. The Labute approximate surface area is 78.5 Å². The van der Waals surface area contributed by atoms with E-state index in [1.54, 1.807) is 14.0 Å². The highest BCUT2D eigenvalue weighted by atomic mass is 16.5. The summed E-state index contributed by atoms with van der Waals surface area (Å²) in [6.07, 6.45) is -0.328. The van der Waals surface area contributed by atoms with Crippen LogP contribution in [0.4, 0.5) is 0 Å². The van der Waals surface area contributed by atoms with Gasteiger partial charge in [0.25, 0.3) is 0 Å². The maximum Gasteiger partial charge on any atom is 0.306 e. The fraction of sp³-hybridized carbons (Fsp3) is 0.889. The van der Waals surface area contributed by atoms with Crippen LogP contribution in [0.25, 0.3) is 0 Å². The zero-order chi connectivity index (χ0) is 10.4. The highest BCUT2D eigenvalue weighted by Gasteiger charge is 2.20. The van der Waals surface area contributed by atoms with Gasteiger partial charge in [0, 0.05) is 13.0 Å². The number of rotatable bonds is 6. The molecule has 0 aromatic heterocycles. The molecule has 0 aromatic rings. The number of aliphatic hydroxyl groups excluding tert-OH is 1. The third-order valence-electron chi connectivity index (χ3n) is 2.10. The minimum atomic E-state index is -0.872. The molecule has 78 valence electrons. The molecule has 0 rings (SSSR count). The predicted molar refractivity (Wildman–Crippen MR) is 48.5 cm³/mol. The molecule has 0 aromatic carbocycles. The number of aliphatic carboxylic acids is 1. The summed E-state index contributed by atoms with van der Waals surface area (Å²) in [6, 6.07) is 0. The molecule has 2 N–H and O–H groups in total. The van der Waals surface area contributed by atoms with E-state index in [1.165, 1.54) is 0 Å². The zero-order valence-electron chi connectivity index (χ0n) is 8.36. The third kappa shape index (κ3) is 4.85. The topological polar surface area (TPSA) is 66.8 Å². The van der Waals surface area contributed by atoms with Crippen molar-refractivity contribution in [2.24, 2.45) is 11.8 Å². The van der Waals surface area contributed by atoms with Crippen LogP contribution in [-0.2, 0) is 9.53 Å². The van der Waals surface area contributed by atoms with E-state index in [-0.39, 0.29) is 12.3 Å². The minimum absolute atomic E-state index is 0.0215. The molecule has 13 heavy (non-hydrogen) atoms. The summed E-state index contributed by atoms with van der Waals surface area (Å²) in [5.74, 6) is -1.40. The molecule has 3 unspecified atom stereocenters. The van der Waals surface area contributed by atoms with Gasteiger partial charge < -0.3 is 14.9 Å². The van der Waals surface area contributed by atoms with Crippen LogP contribution in [-0.4, -0.2) is 36.0 Å². The Morgan fingerprint density at radius 1 is 1.46 bits per heavy atom. The largest absolute Gasteiger partial charge is 0.481 e. The smallest absolute Gasteiger partial charge is 0.306 e. The van der Waals surface area contributed by atoms with Crippen LogP contribution in [0.15, 0.2) is 0 Å². The van der Waals surface area contributed by atoms with Gasteiger partial charge >= 0.3 is 5.97 Å². The van der Waals surface area contributed by atoms with Crippen molar-refractivity contribution in [2.75, 3.05) is 13.7 Å². The summed E-state index contributed by atoms with van der Waals surface area (Å²) in [7, 11) is 1.56. The van der Waals surface area contributed by atoms with Crippen molar-refractivity contribution in [2.45, 2.75) is 26.4 Å². The summed E-state index contributed by atoms with van der Waals surface area (Å²) in [6.45, 7) is 3.88. The molecule has 4 heteroatoms. The lowest BCUT2D eigenvalue weighted by Crippen LogP contribution is -2.26. The second-order valence-electron chi connectivity index (χ2n) is 3.47. The molecule has 0 radical (unpaired) electrons. The van der Waals surface area contributed by atoms with E-state index in [2.05, 4.69) is 0 Å². The number of carboxylic acid groups (broad SMARTS) is 1. The number of carboxylic acids is 1. The summed E-state index contributed by atoms with van der Waals surface area (Å²) in [5.41, 5.74) is 0. The van der Waals surface area contributed by atoms with Gasteiger partial charge in [-0.05, 0) is 6.42 Å². The van der Waals surface area contributed by atoms with Gasteiger partial charge in [-0.2, -0.15) is 0 Å². The SMILES string of the molecule is COCC(C)C(O)CC(C)C(=O)O. The molecule has 3 atom stereocenters. The van der Waals surface area contributed by atoms with Crippen LogP contribution in [0.1, 0.15) is 20.3 Å². The quantitative estimate of drug-likeness (QED) is 0.648. The average molecular weight is 190 g/mol. The Kier molecular flexibility index (Phi) is 5.66. The summed E-state index contributed by atoms with van der Waals surface area (Å²) in [5, 5.41) is 18.1. The van der Waals surface area contributed by atoms with Gasteiger partial charge in [-0.1, -0.05) is 13.8 Å². The molecule has 0 aliphatic carbocycles. The Bertz CT molecular complexity index is 158. The molecule has 0 aliphatic rings. The molecule has 0 spiro atoms. The maximum atomic E-state index is 10.5. The summed E-state index contributed by atoms with van der Waals surface area (Å²) in [4.78, 5) is 10.5. The van der Waals surface area contributed by atoms with Crippen molar-refractivity contribution in [3.8, 4) is 0 Å². The normalized spacial score (nSPS) is 17.8. The lowest BCUT2D eigenvalue weighted by Gasteiger charge is -2.19. The van der Waals surface area contributed by atoms with Gasteiger partial charge in [-0.3, -0.25) is 4.79 Å². The number of methoxy groups -OCH3 is 1. The first kappa shape index (κ1) is 12.4. The van der Waals surface area contributed by atoms with E-state index in [1.807, 2.05) is 6.92 Å². The fourth-order valence-electron chi connectivity index (χ4n) is 1.07. The van der Waals surface area contributed by atoms with Crippen LogP contribution in [0, 0.1) is 11.8 Å². The molecule has 0 saturated carbocycles. The lowest BCUT2D eigenvalue weighted by atomic mass is 9.95. The molecule has 0 bridgehead atoms. The molecule has 0 amide bonds. The van der Waals surface area contributed by atoms with Gasteiger partial charge in [0.2, 0.25) is 0 Å². The predicted octanol–water partition coefficient (Wildman–Crippen LogP) is 0.741. The first-order valence-corrected chi connectivity index (χ1v) is 4.38.